The number of thiophene rings is 1. The van der Waals surface area contributed by atoms with Gasteiger partial charge >= 0.3 is 0 Å². The molecule has 5 nitrogen and oxygen atoms in total. The van der Waals surface area contributed by atoms with Gasteiger partial charge in [0.15, 0.2) is 0 Å². The molecule has 1 aromatic heterocycles. The Morgan fingerprint density at radius 1 is 1.21 bits per heavy atom. The van der Waals surface area contributed by atoms with Gasteiger partial charge in [-0.25, -0.2) is 0 Å². The highest BCUT2D eigenvalue weighted by atomic mass is 32.1. The van der Waals surface area contributed by atoms with Crippen molar-refractivity contribution < 1.29 is 19.0 Å². The molecule has 0 bridgehead atoms. The number of nitrogens with one attached hydrogen (secondary N) is 1. The quantitative estimate of drug-likeness (QED) is 0.900. The summed E-state index contributed by atoms with van der Waals surface area (Å²) < 4.78 is 16.1. The molecule has 0 saturated carbocycles. The van der Waals surface area contributed by atoms with Crippen LogP contribution in [0.15, 0.2) is 35.7 Å². The number of hydrogen-bond acceptors (Lipinski definition) is 5. The zero-order valence-corrected chi connectivity index (χ0v) is 14.7. The van der Waals surface area contributed by atoms with Gasteiger partial charge in [0, 0.05) is 24.2 Å². The Hall–Kier alpha value is -2.05. The SMILES string of the molecule is COc1ccc(NC(=O)C2(c3cccs3)CCOCC2)c(OC)c1. The van der Waals surface area contributed by atoms with E-state index in [2.05, 4.69) is 5.32 Å². The molecule has 2 heterocycles. The number of carbonyl (C=O) groups excluding carboxylic acids is 1. The summed E-state index contributed by atoms with van der Waals surface area (Å²) in [5, 5.41) is 5.05. The number of amides is 1. The van der Waals surface area contributed by atoms with Crippen molar-refractivity contribution in [3.05, 3.63) is 40.6 Å². The van der Waals surface area contributed by atoms with Crippen LogP contribution in [-0.2, 0) is 14.9 Å². The van der Waals surface area contributed by atoms with Crippen LogP contribution in [0.5, 0.6) is 11.5 Å². The second kappa shape index (κ2) is 7.23. The van der Waals surface area contributed by atoms with Gasteiger partial charge in [-0.2, -0.15) is 0 Å². The first-order valence-corrected chi connectivity index (χ1v) is 8.73. The van der Waals surface area contributed by atoms with E-state index in [-0.39, 0.29) is 5.91 Å². The van der Waals surface area contributed by atoms with E-state index in [1.54, 1.807) is 43.8 Å². The average Bonchev–Trinajstić information content (AvgIpc) is 3.17. The smallest absolute Gasteiger partial charge is 0.236 e. The molecule has 1 N–H and O–H groups in total. The molecular formula is C18H21NO4S. The number of hydrogen-bond donors (Lipinski definition) is 1. The lowest BCUT2D eigenvalue weighted by molar-refractivity contribution is -0.125. The van der Waals surface area contributed by atoms with E-state index < -0.39 is 5.41 Å². The van der Waals surface area contributed by atoms with Gasteiger partial charge in [0.1, 0.15) is 11.5 Å². The number of methoxy groups -OCH3 is 2. The Morgan fingerprint density at radius 2 is 2.00 bits per heavy atom. The summed E-state index contributed by atoms with van der Waals surface area (Å²) in [4.78, 5) is 14.2. The molecule has 1 aromatic carbocycles. The molecule has 1 aliphatic heterocycles. The summed E-state index contributed by atoms with van der Waals surface area (Å²) in [6.45, 7) is 1.18. The number of ether oxygens (including phenoxy) is 3. The van der Waals surface area contributed by atoms with E-state index in [0.717, 1.165) is 4.88 Å². The summed E-state index contributed by atoms with van der Waals surface area (Å²) >= 11 is 1.62. The molecule has 0 spiro atoms. The predicted molar refractivity (Wildman–Crippen MR) is 94.2 cm³/mol. The zero-order chi connectivity index (χ0) is 17.0. The molecule has 1 saturated heterocycles. The van der Waals surface area contributed by atoms with Gasteiger partial charge in [0.2, 0.25) is 5.91 Å². The highest BCUT2D eigenvalue weighted by Crippen LogP contribution is 2.39. The molecule has 0 aliphatic carbocycles. The van der Waals surface area contributed by atoms with Gasteiger partial charge in [-0.3, -0.25) is 4.79 Å². The van der Waals surface area contributed by atoms with Crippen molar-refractivity contribution in [2.45, 2.75) is 18.3 Å². The summed E-state index contributed by atoms with van der Waals surface area (Å²) in [6.07, 6.45) is 1.36. The van der Waals surface area contributed by atoms with Crippen molar-refractivity contribution in [1.29, 1.82) is 0 Å². The standard InChI is InChI=1S/C18H21NO4S/c1-21-13-5-6-14(15(12-13)22-2)19-17(20)18(7-9-23-10-8-18)16-4-3-11-24-16/h3-6,11-12H,7-10H2,1-2H3,(H,19,20). The Kier molecular flexibility index (Phi) is 5.06. The first kappa shape index (κ1) is 16.8. The normalized spacial score (nSPS) is 16.4. The fraction of sp³-hybridized carbons (Fsp3) is 0.389. The van der Waals surface area contributed by atoms with Crippen LogP contribution in [-0.4, -0.2) is 33.3 Å². The van der Waals surface area contributed by atoms with Crippen molar-refractivity contribution in [3.8, 4) is 11.5 Å². The van der Waals surface area contributed by atoms with Gasteiger partial charge in [0.05, 0.1) is 25.3 Å². The fourth-order valence-corrected chi connectivity index (χ4v) is 3.98. The molecule has 1 fully saturated rings. The summed E-state index contributed by atoms with van der Waals surface area (Å²) in [5.74, 6) is 1.25. The largest absolute Gasteiger partial charge is 0.497 e. The maximum absolute atomic E-state index is 13.2. The van der Waals surface area contributed by atoms with Crippen LogP contribution in [0.4, 0.5) is 5.69 Å². The monoisotopic (exact) mass is 347 g/mol. The maximum Gasteiger partial charge on any atom is 0.236 e. The zero-order valence-electron chi connectivity index (χ0n) is 13.8. The summed E-state index contributed by atoms with van der Waals surface area (Å²) in [5.41, 5.74) is 0.0999. The van der Waals surface area contributed by atoms with Crippen molar-refractivity contribution >= 4 is 22.9 Å². The topological polar surface area (TPSA) is 56.8 Å². The molecule has 24 heavy (non-hydrogen) atoms. The van der Waals surface area contributed by atoms with Gasteiger partial charge < -0.3 is 19.5 Å². The first-order valence-electron chi connectivity index (χ1n) is 7.85. The molecule has 1 amide bonds. The van der Waals surface area contributed by atoms with Crippen molar-refractivity contribution in [2.75, 3.05) is 32.8 Å². The number of rotatable bonds is 5. The van der Waals surface area contributed by atoms with E-state index >= 15 is 0 Å². The second-order valence-corrected chi connectivity index (χ2v) is 6.64. The molecule has 0 unspecified atom stereocenters. The summed E-state index contributed by atoms with van der Waals surface area (Å²) in [6, 6.07) is 9.38. The maximum atomic E-state index is 13.2. The molecule has 128 valence electrons. The van der Waals surface area contributed by atoms with Crippen LogP contribution in [0, 0.1) is 0 Å². The van der Waals surface area contributed by atoms with Crippen LogP contribution in [0.2, 0.25) is 0 Å². The minimum Gasteiger partial charge on any atom is -0.497 e. The lowest BCUT2D eigenvalue weighted by Gasteiger charge is -2.35. The Labute approximate surface area is 145 Å². The third-order valence-electron chi connectivity index (χ3n) is 4.43. The summed E-state index contributed by atoms with van der Waals surface area (Å²) in [7, 11) is 3.18. The highest BCUT2D eigenvalue weighted by molar-refractivity contribution is 7.10. The lowest BCUT2D eigenvalue weighted by Crippen LogP contribution is -2.44. The Morgan fingerprint density at radius 3 is 2.62 bits per heavy atom. The van der Waals surface area contributed by atoms with Crippen LogP contribution in [0.25, 0.3) is 0 Å². The molecule has 2 aromatic rings. The minimum atomic E-state index is -0.544. The van der Waals surface area contributed by atoms with Crippen LogP contribution in [0.3, 0.4) is 0 Å². The van der Waals surface area contributed by atoms with Crippen molar-refractivity contribution in [1.82, 2.24) is 0 Å². The fourth-order valence-electron chi connectivity index (χ4n) is 3.00. The van der Waals surface area contributed by atoms with Gasteiger partial charge in [-0.1, -0.05) is 6.07 Å². The average molecular weight is 347 g/mol. The van der Waals surface area contributed by atoms with E-state index in [9.17, 15) is 4.79 Å². The van der Waals surface area contributed by atoms with E-state index in [0.29, 0.717) is 43.2 Å². The number of carbonyl (C=O) groups is 1. The van der Waals surface area contributed by atoms with Crippen molar-refractivity contribution in [2.24, 2.45) is 0 Å². The minimum absolute atomic E-state index is 0.0169. The second-order valence-electron chi connectivity index (χ2n) is 5.69. The predicted octanol–water partition coefficient (Wildman–Crippen LogP) is 3.45. The van der Waals surface area contributed by atoms with E-state index in [4.69, 9.17) is 14.2 Å². The van der Waals surface area contributed by atoms with Crippen LogP contribution < -0.4 is 14.8 Å². The third-order valence-corrected chi connectivity index (χ3v) is 5.50. The molecule has 0 atom stereocenters. The highest BCUT2D eigenvalue weighted by Gasteiger charge is 2.42. The molecule has 3 rings (SSSR count). The molecule has 1 aliphatic rings. The van der Waals surface area contributed by atoms with Gasteiger partial charge in [0.25, 0.3) is 0 Å². The van der Waals surface area contributed by atoms with Crippen LogP contribution >= 0.6 is 11.3 Å². The van der Waals surface area contributed by atoms with Gasteiger partial charge in [-0.05, 0) is 36.4 Å². The Balaban J connectivity index is 1.89. The molecule has 0 radical (unpaired) electrons. The van der Waals surface area contributed by atoms with Crippen LogP contribution in [0.1, 0.15) is 17.7 Å². The van der Waals surface area contributed by atoms with Crippen molar-refractivity contribution in [3.63, 3.8) is 0 Å². The lowest BCUT2D eigenvalue weighted by atomic mass is 9.78. The Bertz CT molecular complexity index is 693. The van der Waals surface area contributed by atoms with Gasteiger partial charge in [-0.15, -0.1) is 11.3 Å². The number of benzene rings is 1. The van der Waals surface area contributed by atoms with E-state index in [1.165, 1.54) is 0 Å². The number of anilines is 1. The van der Waals surface area contributed by atoms with E-state index in [1.807, 2.05) is 17.5 Å². The third kappa shape index (κ3) is 3.12. The first-order chi connectivity index (χ1) is 11.7. The molecular weight excluding hydrogens is 326 g/mol. The molecule has 6 heteroatoms.